The third-order valence-corrected chi connectivity index (χ3v) is 7.54. The van der Waals surface area contributed by atoms with Gasteiger partial charge in [-0.2, -0.15) is 0 Å². The molecule has 1 aliphatic carbocycles. The molecule has 0 aromatic heterocycles. The lowest BCUT2D eigenvalue weighted by molar-refractivity contribution is -0.0601. The number of benzene rings is 1. The molecule has 7 heteroatoms. The van der Waals surface area contributed by atoms with Gasteiger partial charge in [0, 0.05) is 24.6 Å². The highest BCUT2D eigenvalue weighted by Gasteiger charge is 2.62. The van der Waals surface area contributed by atoms with E-state index in [1.165, 1.54) is 12.7 Å². The van der Waals surface area contributed by atoms with E-state index in [0.29, 0.717) is 31.4 Å². The summed E-state index contributed by atoms with van der Waals surface area (Å²) in [5, 5.41) is 0. The van der Waals surface area contributed by atoms with Crippen LogP contribution in [0.5, 0.6) is 5.75 Å². The van der Waals surface area contributed by atoms with Gasteiger partial charge in [-0.05, 0) is 37.3 Å². The number of nitrogens with zero attached hydrogens (tertiary/aromatic N) is 2. The summed E-state index contributed by atoms with van der Waals surface area (Å²) in [6.07, 6.45) is 3.40. The molecule has 3 saturated heterocycles. The Hall–Kier alpha value is -2.54. The van der Waals surface area contributed by atoms with Crippen molar-refractivity contribution < 1.29 is 23.7 Å². The van der Waals surface area contributed by atoms with Crippen LogP contribution in [-0.4, -0.2) is 63.5 Å². The zero-order chi connectivity index (χ0) is 21.0. The smallest absolute Gasteiger partial charge is 0.410 e. The molecule has 4 heterocycles. The second-order valence-corrected chi connectivity index (χ2v) is 8.54. The van der Waals surface area contributed by atoms with Gasteiger partial charge in [0.15, 0.2) is 0 Å². The lowest BCUT2D eigenvalue weighted by atomic mass is 9.72. The Bertz CT molecular complexity index is 942. The van der Waals surface area contributed by atoms with Crippen molar-refractivity contribution >= 4 is 17.7 Å². The average Bonchev–Trinajstić information content (AvgIpc) is 2.95. The van der Waals surface area contributed by atoms with Gasteiger partial charge < -0.3 is 23.8 Å². The molecule has 160 valence electrons. The summed E-state index contributed by atoms with van der Waals surface area (Å²) < 4.78 is 22.9. The van der Waals surface area contributed by atoms with Crippen molar-refractivity contribution in [3.63, 3.8) is 0 Å². The number of fused-ring (bicyclic) bond motifs is 2. The van der Waals surface area contributed by atoms with Crippen LogP contribution in [0.15, 0.2) is 34.8 Å². The topological polar surface area (TPSA) is 69.6 Å². The number of allylic oxidation sites excluding steroid dienone is 1. The molecule has 7 nitrogen and oxygen atoms in total. The van der Waals surface area contributed by atoms with Crippen molar-refractivity contribution in [1.29, 1.82) is 0 Å². The maximum atomic E-state index is 12.8. The van der Waals surface area contributed by atoms with E-state index in [4.69, 9.17) is 23.9 Å². The average molecular weight is 412 g/mol. The minimum Gasteiger partial charge on any atom is -0.497 e. The van der Waals surface area contributed by atoms with E-state index in [1.807, 2.05) is 17.0 Å². The number of hydrogen-bond acceptors (Lipinski definition) is 6. The Morgan fingerprint density at radius 3 is 2.83 bits per heavy atom. The molecular weight excluding hydrogens is 384 g/mol. The SMILES string of the molecule is C/C=C1/CN(C(=O)OC)[C@H]2C[C@@]3(C(OC)=Nc4cc(OC)ccc43)[C@@H]3C[C@@H]1C2CO3. The van der Waals surface area contributed by atoms with Gasteiger partial charge in [0.05, 0.1) is 39.7 Å². The maximum Gasteiger partial charge on any atom is 0.410 e. The summed E-state index contributed by atoms with van der Waals surface area (Å²) in [4.78, 5) is 19.5. The second-order valence-electron chi connectivity index (χ2n) is 8.54. The van der Waals surface area contributed by atoms with Crippen LogP contribution in [0.25, 0.3) is 0 Å². The Morgan fingerprint density at radius 2 is 2.13 bits per heavy atom. The first-order valence-corrected chi connectivity index (χ1v) is 10.5. The molecule has 1 amide bonds. The van der Waals surface area contributed by atoms with Crippen LogP contribution in [0.4, 0.5) is 10.5 Å². The number of ether oxygens (including phenoxy) is 4. The van der Waals surface area contributed by atoms with E-state index in [0.717, 1.165) is 23.4 Å². The quantitative estimate of drug-likeness (QED) is 0.661. The summed E-state index contributed by atoms with van der Waals surface area (Å²) in [6, 6.07) is 5.98. The zero-order valence-corrected chi connectivity index (χ0v) is 17.9. The molecule has 0 N–H and O–H groups in total. The van der Waals surface area contributed by atoms with E-state index in [2.05, 4.69) is 19.1 Å². The van der Waals surface area contributed by atoms with Gasteiger partial charge in [0.2, 0.25) is 5.90 Å². The molecule has 1 aromatic carbocycles. The van der Waals surface area contributed by atoms with Crippen molar-refractivity contribution in [1.82, 2.24) is 4.90 Å². The first kappa shape index (κ1) is 19.4. The number of rotatable bonds is 1. The Morgan fingerprint density at radius 1 is 1.30 bits per heavy atom. The van der Waals surface area contributed by atoms with Crippen molar-refractivity contribution in [2.24, 2.45) is 16.8 Å². The van der Waals surface area contributed by atoms with Gasteiger partial charge >= 0.3 is 6.09 Å². The molecule has 4 bridgehead atoms. The van der Waals surface area contributed by atoms with E-state index in [9.17, 15) is 4.79 Å². The second kappa shape index (κ2) is 7.01. The summed E-state index contributed by atoms with van der Waals surface area (Å²) in [5.41, 5.74) is 2.70. The monoisotopic (exact) mass is 412 g/mol. The number of methoxy groups -OCH3 is 3. The van der Waals surface area contributed by atoms with E-state index < -0.39 is 5.41 Å². The van der Waals surface area contributed by atoms with Gasteiger partial charge in [-0.25, -0.2) is 9.79 Å². The minimum absolute atomic E-state index is 0.00736. The van der Waals surface area contributed by atoms with Crippen LogP contribution >= 0.6 is 0 Å². The largest absolute Gasteiger partial charge is 0.497 e. The van der Waals surface area contributed by atoms with Gasteiger partial charge in [-0.15, -0.1) is 0 Å². The first-order valence-electron chi connectivity index (χ1n) is 10.5. The molecule has 4 fully saturated rings. The number of carbonyl (C=O) groups excluding carboxylic acids is 1. The van der Waals surface area contributed by atoms with Crippen molar-refractivity contribution in [3.05, 3.63) is 35.4 Å². The molecule has 4 aliphatic heterocycles. The van der Waals surface area contributed by atoms with Crippen molar-refractivity contribution in [2.75, 3.05) is 34.5 Å². The van der Waals surface area contributed by atoms with E-state index in [-0.39, 0.29) is 24.2 Å². The fourth-order valence-corrected chi connectivity index (χ4v) is 6.14. The third kappa shape index (κ3) is 2.47. The van der Waals surface area contributed by atoms with E-state index in [1.54, 1.807) is 14.2 Å². The van der Waals surface area contributed by atoms with Crippen LogP contribution in [0.1, 0.15) is 25.3 Å². The summed E-state index contributed by atoms with van der Waals surface area (Å²) >= 11 is 0. The van der Waals surface area contributed by atoms with E-state index >= 15 is 0 Å². The number of carbonyl (C=O) groups is 1. The standard InChI is InChI=1S/C23H28N2O5/c1-5-13-11-25(22(26)29-4)19-10-23(20-9-15(13)16(19)12-30-20)17-7-6-14(27-2)8-18(17)24-21(23)28-3/h5-8,15-16,19-20H,9-12H2,1-4H3/b13-5-/t15-,16?,19-,20-,23-/m0/s1. The highest BCUT2D eigenvalue weighted by atomic mass is 16.5. The maximum absolute atomic E-state index is 12.8. The predicted octanol–water partition coefficient (Wildman–Crippen LogP) is 3.44. The van der Waals surface area contributed by atoms with Crippen LogP contribution in [0, 0.1) is 11.8 Å². The number of piperidine rings is 1. The Labute approximate surface area is 176 Å². The van der Waals surface area contributed by atoms with Crippen LogP contribution in [-0.2, 0) is 19.6 Å². The highest BCUT2D eigenvalue weighted by Crippen LogP contribution is 2.57. The Kier molecular flexibility index (Phi) is 4.54. The zero-order valence-electron chi connectivity index (χ0n) is 17.9. The molecular formula is C23H28N2O5. The number of amides is 1. The van der Waals surface area contributed by atoms with Gasteiger partial charge in [-0.1, -0.05) is 17.7 Å². The number of likely N-dealkylation sites (tertiary alicyclic amines) is 1. The molecule has 5 atom stereocenters. The van der Waals surface area contributed by atoms with Crippen molar-refractivity contribution in [3.8, 4) is 5.75 Å². The van der Waals surface area contributed by atoms with Gasteiger partial charge in [0.25, 0.3) is 0 Å². The fraction of sp³-hybridized carbons (Fsp3) is 0.565. The lowest BCUT2D eigenvalue weighted by Crippen LogP contribution is -2.54. The first-order chi connectivity index (χ1) is 14.6. The summed E-state index contributed by atoms with van der Waals surface area (Å²) in [7, 11) is 4.77. The van der Waals surface area contributed by atoms with Gasteiger partial charge in [0.1, 0.15) is 11.2 Å². The van der Waals surface area contributed by atoms with Crippen LogP contribution < -0.4 is 4.74 Å². The lowest BCUT2D eigenvalue weighted by Gasteiger charge is -2.46. The normalized spacial score (nSPS) is 35.1. The number of hydrogen-bond donors (Lipinski definition) is 0. The molecule has 6 rings (SSSR count). The van der Waals surface area contributed by atoms with Crippen LogP contribution in [0.2, 0.25) is 0 Å². The fourth-order valence-electron chi connectivity index (χ4n) is 6.14. The molecule has 1 saturated carbocycles. The Balaban J connectivity index is 1.68. The molecule has 5 aliphatic rings. The van der Waals surface area contributed by atoms with Gasteiger partial charge in [-0.3, -0.25) is 0 Å². The molecule has 1 spiro atoms. The van der Waals surface area contributed by atoms with Crippen LogP contribution in [0.3, 0.4) is 0 Å². The molecule has 0 radical (unpaired) electrons. The highest BCUT2D eigenvalue weighted by molar-refractivity contribution is 5.97. The summed E-state index contributed by atoms with van der Waals surface area (Å²) in [6.45, 7) is 3.28. The third-order valence-electron chi connectivity index (χ3n) is 7.54. The predicted molar refractivity (Wildman–Crippen MR) is 111 cm³/mol. The summed E-state index contributed by atoms with van der Waals surface area (Å²) in [5.74, 6) is 2.05. The molecule has 1 unspecified atom stereocenters. The number of aliphatic imine (C=N–C) groups is 1. The minimum atomic E-state index is -0.528. The van der Waals surface area contributed by atoms with Crippen molar-refractivity contribution in [2.45, 2.75) is 37.3 Å². The molecule has 30 heavy (non-hydrogen) atoms. The molecule has 1 aromatic rings.